The van der Waals surface area contributed by atoms with Crippen molar-refractivity contribution in [2.45, 2.75) is 44.0 Å². The summed E-state index contributed by atoms with van der Waals surface area (Å²) in [7, 11) is -3.74. The molecule has 3 unspecified atom stereocenters. The molecule has 0 amide bonds. The van der Waals surface area contributed by atoms with Gasteiger partial charge in [-0.2, -0.15) is 0 Å². The van der Waals surface area contributed by atoms with Crippen molar-refractivity contribution in [3.05, 3.63) is 22.2 Å². The minimum atomic E-state index is -3.74. The fourth-order valence-corrected chi connectivity index (χ4v) is 5.07. The van der Waals surface area contributed by atoms with E-state index >= 15 is 0 Å². The number of rotatable bonds is 3. The largest absolute Gasteiger partial charge is 0.398 e. The van der Waals surface area contributed by atoms with Gasteiger partial charge in [0.15, 0.2) is 0 Å². The molecule has 1 aliphatic rings. The van der Waals surface area contributed by atoms with Gasteiger partial charge in [0.05, 0.1) is 10.7 Å². The maximum atomic E-state index is 12.5. The molecule has 0 radical (unpaired) electrons. The zero-order valence-electron chi connectivity index (χ0n) is 12.1. The second kappa shape index (κ2) is 6.32. The monoisotopic (exact) mass is 350 g/mol. The Bertz CT molecular complexity index is 611. The summed E-state index contributed by atoms with van der Waals surface area (Å²) in [5, 5.41) is 0.362. The summed E-state index contributed by atoms with van der Waals surface area (Å²) < 4.78 is 27.8. The van der Waals surface area contributed by atoms with E-state index in [-0.39, 0.29) is 21.6 Å². The van der Waals surface area contributed by atoms with Crippen LogP contribution in [0, 0.1) is 11.8 Å². The first kappa shape index (κ1) is 16.9. The predicted molar refractivity (Wildman–Crippen MR) is 87.2 cm³/mol. The lowest BCUT2D eigenvalue weighted by molar-refractivity contribution is 0.242. The van der Waals surface area contributed by atoms with Gasteiger partial charge in [0, 0.05) is 11.1 Å². The Labute approximate surface area is 136 Å². The molecule has 3 N–H and O–H groups in total. The molecule has 21 heavy (non-hydrogen) atoms. The number of nitrogen functional groups attached to an aromatic ring is 1. The lowest BCUT2D eigenvalue weighted by atomic mass is 9.79. The number of sulfonamides is 1. The summed E-state index contributed by atoms with van der Waals surface area (Å²) in [5.41, 5.74) is 5.84. The molecule has 1 aromatic rings. The maximum absolute atomic E-state index is 12.5. The zero-order valence-corrected chi connectivity index (χ0v) is 14.4. The van der Waals surface area contributed by atoms with E-state index < -0.39 is 10.0 Å². The van der Waals surface area contributed by atoms with Crippen LogP contribution in [0.5, 0.6) is 0 Å². The third-order valence-corrected chi connectivity index (χ3v) is 6.49. The Morgan fingerprint density at radius 3 is 2.43 bits per heavy atom. The first-order chi connectivity index (χ1) is 9.70. The summed E-state index contributed by atoms with van der Waals surface area (Å²) in [6, 6.07) is 2.71. The minimum absolute atomic E-state index is 0.0460. The van der Waals surface area contributed by atoms with Gasteiger partial charge in [0.1, 0.15) is 4.90 Å². The molecule has 1 aliphatic carbocycles. The number of halogens is 2. The van der Waals surface area contributed by atoms with Crippen molar-refractivity contribution in [1.82, 2.24) is 4.72 Å². The standard InChI is InChI=1S/C14H20Cl2N2O2S/c1-8-3-4-11(5-9(8)2)18-21(19,20)14-12(16)6-10(15)7-13(14)17/h6-9,11,18H,3-5,17H2,1-2H3. The van der Waals surface area contributed by atoms with Crippen LogP contribution < -0.4 is 10.5 Å². The molecule has 0 saturated heterocycles. The molecule has 0 heterocycles. The highest BCUT2D eigenvalue weighted by atomic mass is 35.5. The second-order valence-electron chi connectivity index (χ2n) is 5.89. The number of anilines is 1. The number of hydrogen-bond donors (Lipinski definition) is 2. The quantitative estimate of drug-likeness (QED) is 0.816. The van der Waals surface area contributed by atoms with Crippen LogP contribution in [0.1, 0.15) is 33.1 Å². The summed E-state index contributed by atoms with van der Waals surface area (Å²) in [5.74, 6) is 1.11. The van der Waals surface area contributed by atoms with Crippen LogP contribution in [0.15, 0.2) is 17.0 Å². The van der Waals surface area contributed by atoms with Crippen molar-refractivity contribution in [3.63, 3.8) is 0 Å². The molecule has 7 heteroatoms. The van der Waals surface area contributed by atoms with E-state index in [0.29, 0.717) is 16.9 Å². The van der Waals surface area contributed by atoms with Crippen molar-refractivity contribution >= 4 is 38.9 Å². The Morgan fingerprint density at radius 2 is 1.86 bits per heavy atom. The van der Waals surface area contributed by atoms with E-state index in [0.717, 1.165) is 19.3 Å². The van der Waals surface area contributed by atoms with E-state index in [1.54, 1.807) is 0 Å². The fraction of sp³-hybridized carbons (Fsp3) is 0.571. The number of hydrogen-bond acceptors (Lipinski definition) is 3. The van der Waals surface area contributed by atoms with Gasteiger partial charge in [-0.1, -0.05) is 37.0 Å². The van der Waals surface area contributed by atoms with Gasteiger partial charge in [-0.3, -0.25) is 0 Å². The average Bonchev–Trinajstić information content (AvgIpc) is 2.31. The van der Waals surface area contributed by atoms with E-state index in [9.17, 15) is 8.42 Å². The van der Waals surface area contributed by atoms with Crippen LogP contribution in [0.25, 0.3) is 0 Å². The number of nitrogens with two attached hydrogens (primary N) is 1. The molecule has 1 saturated carbocycles. The summed E-state index contributed by atoms with van der Waals surface area (Å²) in [6.45, 7) is 4.35. The lowest BCUT2D eigenvalue weighted by Gasteiger charge is -2.32. The van der Waals surface area contributed by atoms with Gasteiger partial charge in [-0.05, 0) is 43.2 Å². The molecule has 118 valence electrons. The lowest BCUT2D eigenvalue weighted by Crippen LogP contribution is -2.40. The van der Waals surface area contributed by atoms with Gasteiger partial charge in [0.25, 0.3) is 0 Å². The Balaban J connectivity index is 2.24. The fourth-order valence-electron chi connectivity index (χ4n) is 2.80. The van der Waals surface area contributed by atoms with Gasteiger partial charge in [0.2, 0.25) is 10.0 Å². The number of benzene rings is 1. The molecule has 1 fully saturated rings. The van der Waals surface area contributed by atoms with Gasteiger partial charge < -0.3 is 5.73 Å². The highest BCUT2D eigenvalue weighted by Crippen LogP contribution is 2.33. The molecule has 0 bridgehead atoms. The van der Waals surface area contributed by atoms with E-state index in [4.69, 9.17) is 28.9 Å². The first-order valence-corrected chi connectivity index (χ1v) is 9.21. The topological polar surface area (TPSA) is 72.2 Å². The zero-order chi connectivity index (χ0) is 15.8. The van der Waals surface area contributed by atoms with Crippen molar-refractivity contribution in [3.8, 4) is 0 Å². The molecular weight excluding hydrogens is 331 g/mol. The third kappa shape index (κ3) is 3.83. The molecular formula is C14H20Cl2N2O2S. The van der Waals surface area contributed by atoms with Gasteiger partial charge in [-0.15, -0.1) is 0 Å². The van der Waals surface area contributed by atoms with Crippen LogP contribution >= 0.6 is 23.2 Å². The van der Waals surface area contributed by atoms with Crippen LogP contribution in [0.4, 0.5) is 5.69 Å². The minimum Gasteiger partial charge on any atom is -0.398 e. The Kier molecular flexibility index (Phi) is 5.08. The molecule has 0 aliphatic heterocycles. The third-order valence-electron chi connectivity index (χ3n) is 4.23. The van der Waals surface area contributed by atoms with Gasteiger partial charge >= 0.3 is 0 Å². The highest BCUT2D eigenvalue weighted by molar-refractivity contribution is 7.89. The van der Waals surface area contributed by atoms with Crippen LogP contribution in [0.2, 0.25) is 10.0 Å². The number of nitrogens with one attached hydrogen (secondary N) is 1. The van der Waals surface area contributed by atoms with Crippen molar-refractivity contribution in [2.75, 3.05) is 5.73 Å². The maximum Gasteiger partial charge on any atom is 0.244 e. The molecule has 3 atom stereocenters. The average molecular weight is 351 g/mol. The highest BCUT2D eigenvalue weighted by Gasteiger charge is 2.30. The summed E-state index contributed by atoms with van der Waals surface area (Å²) >= 11 is 11.8. The first-order valence-electron chi connectivity index (χ1n) is 6.97. The Morgan fingerprint density at radius 1 is 1.19 bits per heavy atom. The molecule has 0 spiro atoms. The SMILES string of the molecule is CC1CCC(NS(=O)(=O)c2c(N)cc(Cl)cc2Cl)CC1C. The van der Waals surface area contributed by atoms with E-state index in [2.05, 4.69) is 18.6 Å². The molecule has 1 aromatic carbocycles. The van der Waals surface area contributed by atoms with Crippen molar-refractivity contribution in [2.24, 2.45) is 11.8 Å². The van der Waals surface area contributed by atoms with Crippen LogP contribution in [-0.2, 0) is 10.0 Å². The normalized spacial score (nSPS) is 26.8. The van der Waals surface area contributed by atoms with Gasteiger partial charge in [-0.25, -0.2) is 13.1 Å². The van der Waals surface area contributed by atoms with E-state index in [1.165, 1.54) is 12.1 Å². The van der Waals surface area contributed by atoms with Crippen molar-refractivity contribution in [1.29, 1.82) is 0 Å². The molecule has 2 rings (SSSR count). The van der Waals surface area contributed by atoms with Crippen molar-refractivity contribution < 1.29 is 8.42 Å². The van der Waals surface area contributed by atoms with Crippen LogP contribution in [-0.4, -0.2) is 14.5 Å². The second-order valence-corrected chi connectivity index (χ2v) is 8.39. The van der Waals surface area contributed by atoms with Crippen LogP contribution in [0.3, 0.4) is 0 Å². The molecule has 0 aromatic heterocycles. The summed E-state index contributed by atoms with van der Waals surface area (Å²) in [4.78, 5) is -0.0835. The van der Waals surface area contributed by atoms with E-state index in [1.807, 2.05) is 0 Å². The smallest absolute Gasteiger partial charge is 0.244 e. The molecule has 4 nitrogen and oxygen atoms in total. The summed E-state index contributed by atoms with van der Waals surface area (Å²) in [6.07, 6.45) is 2.67. The Hall–Kier alpha value is -0.490. The predicted octanol–water partition coefficient (Wildman–Crippen LogP) is 3.68.